The van der Waals surface area contributed by atoms with Gasteiger partial charge in [-0.1, -0.05) is 6.92 Å². The first-order chi connectivity index (χ1) is 8.58. The molecule has 1 aromatic rings. The van der Waals surface area contributed by atoms with E-state index in [0.717, 1.165) is 19.5 Å². The maximum absolute atomic E-state index is 13.0. The van der Waals surface area contributed by atoms with Crippen LogP contribution < -0.4 is 10.6 Å². The van der Waals surface area contributed by atoms with Crippen LogP contribution in [0.5, 0.6) is 0 Å². The fourth-order valence-corrected chi connectivity index (χ4v) is 2.63. The lowest BCUT2D eigenvalue weighted by Crippen LogP contribution is -2.50. The van der Waals surface area contributed by atoms with Gasteiger partial charge in [0.25, 0.3) is 5.91 Å². The van der Waals surface area contributed by atoms with Gasteiger partial charge in [-0.05, 0) is 53.0 Å². The van der Waals surface area contributed by atoms with Crippen LogP contribution in [0.15, 0.2) is 22.7 Å². The molecule has 1 aromatic carbocycles. The minimum atomic E-state index is -0.355. The Hall–Kier alpha value is -0.650. The highest BCUT2D eigenvalue weighted by atomic mass is 79.9. The van der Waals surface area contributed by atoms with E-state index < -0.39 is 0 Å². The van der Waals surface area contributed by atoms with Crippen molar-refractivity contribution in [3.63, 3.8) is 0 Å². The summed E-state index contributed by atoms with van der Waals surface area (Å²) in [6, 6.07) is 4.22. The highest BCUT2D eigenvalue weighted by Gasteiger charge is 2.23. The predicted molar refractivity (Wildman–Crippen MR) is 79.3 cm³/mol. The average Bonchev–Trinajstić information content (AvgIpc) is 2.32. The number of nitrogens with one attached hydrogen (secondary N) is 2. The number of carbonyl (C=O) groups excluding carboxylic acids is 1. The van der Waals surface area contributed by atoms with Gasteiger partial charge in [-0.15, -0.1) is 12.4 Å². The molecule has 1 heterocycles. The van der Waals surface area contributed by atoms with Gasteiger partial charge in [-0.2, -0.15) is 0 Å². The Balaban J connectivity index is 0.00000180. The molecule has 2 rings (SSSR count). The molecule has 1 saturated heterocycles. The van der Waals surface area contributed by atoms with Crippen LogP contribution in [0.3, 0.4) is 0 Å². The largest absolute Gasteiger partial charge is 0.348 e. The zero-order valence-corrected chi connectivity index (χ0v) is 13.0. The standard InChI is InChI=1S/C13H16BrFN2O.ClH/c1-8-4-5-16-7-12(8)17-13(18)10-3-2-9(15)6-11(10)14;/h2-3,6,8,12,16H,4-5,7H2,1H3,(H,17,18);1H. The summed E-state index contributed by atoms with van der Waals surface area (Å²) in [5.74, 6) is -0.0667. The van der Waals surface area contributed by atoms with Crippen LogP contribution in [0.4, 0.5) is 4.39 Å². The van der Waals surface area contributed by atoms with Gasteiger partial charge in [0, 0.05) is 17.1 Å². The van der Waals surface area contributed by atoms with Crippen LogP contribution >= 0.6 is 28.3 Å². The minimum absolute atomic E-state index is 0. The first kappa shape index (κ1) is 16.4. The molecule has 2 atom stereocenters. The fourth-order valence-electron chi connectivity index (χ4n) is 2.10. The molecular weight excluding hydrogens is 335 g/mol. The van der Waals surface area contributed by atoms with E-state index in [1.807, 2.05) is 0 Å². The molecule has 0 aliphatic carbocycles. The average molecular weight is 352 g/mol. The van der Waals surface area contributed by atoms with Gasteiger partial charge in [0.1, 0.15) is 5.82 Å². The van der Waals surface area contributed by atoms with Gasteiger partial charge < -0.3 is 10.6 Å². The molecule has 106 valence electrons. The molecule has 1 fully saturated rings. The van der Waals surface area contributed by atoms with E-state index >= 15 is 0 Å². The van der Waals surface area contributed by atoms with Crippen molar-refractivity contribution in [3.8, 4) is 0 Å². The lowest BCUT2D eigenvalue weighted by Gasteiger charge is -2.30. The van der Waals surface area contributed by atoms with E-state index in [0.29, 0.717) is 16.0 Å². The first-order valence-corrected chi connectivity index (χ1v) is 6.84. The van der Waals surface area contributed by atoms with Crippen LogP contribution in [0.1, 0.15) is 23.7 Å². The molecule has 0 saturated carbocycles. The first-order valence-electron chi connectivity index (χ1n) is 6.04. The SMILES string of the molecule is CC1CCNCC1NC(=O)c1ccc(F)cc1Br.Cl. The molecule has 1 aliphatic heterocycles. The normalized spacial score (nSPS) is 22.5. The maximum atomic E-state index is 13.0. The van der Waals surface area contributed by atoms with Gasteiger partial charge in [0.05, 0.1) is 5.56 Å². The predicted octanol–water partition coefficient (Wildman–Crippen LogP) is 2.74. The van der Waals surface area contributed by atoms with Crippen LogP contribution in [-0.2, 0) is 0 Å². The van der Waals surface area contributed by atoms with Crippen LogP contribution in [0.25, 0.3) is 0 Å². The zero-order chi connectivity index (χ0) is 13.1. The molecule has 3 nitrogen and oxygen atoms in total. The van der Waals surface area contributed by atoms with Crippen LogP contribution in [-0.4, -0.2) is 25.0 Å². The molecule has 0 aromatic heterocycles. The third-order valence-electron chi connectivity index (χ3n) is 3.32. The number of hydrogen-bond acceptors (Lipinski definition) is 2. The summed E-state index contributed by atoms with van der Waals surface area (Å²) in [5, 5.41) is 6.25. The summed E-state index contributed by atoms with van der Waals surface area (Å²) >= 11 is 3.21. The quantitative estimate of drug-likeness (QED) is 0.860. The number of halogens is 3. The molecule has 2 N–H and O–H groups in total. The van der Waals surface area contributed by atoms with Crippen molar-refractivity contribution in [1.82, 2.24) is 10.6 Å². The van der Waals surface area contributed by atoms with Gasteiger partial charge in [0.15, 0.2) is 0 Å². The summed E-state index contributed by atoms with van der Waals surface area (Å²) in [6.45, 7) is 3.91. The molecule has 1 amide bonds. The van der Waals surface area contributed by atoms with Crippen LogP contribution in [0.2, 0.25) is 0 Å². The molecule has 0 spiro atoms. The maximum Gasteiger partial charge on any atom is 0.252 e. The Kier molecular flexibility index (Phi) is 6.23. The lowest BCUT2D eigenvalue weighted by atomic mass is 9.94. The lowest BCUT2D eigenvalue weighted by molar-refractivity contribution is 0.0914. The highest BCUT2D eigenvalue weighted by molar-refractivity contribution is 9.10. The third kappa shape index (κ3) is 4.16. The summed E-state index contributed by atoms with van der Waals surface area (Å²) in [7, 11) is 0. The zero-order valence-electron chi connectivity index (χ0n) is 10.6. The van der Waals surface area contributed by atoms with Crippen molar-refractivity contribution >= 4 is 34.2 Å². The summed E-state index contributed by atoms with van der Waals surface area (Å²) in [6.07, 6.45) is 1.05. The minimum Gasteiger partial charge on any atom is -0.348 e. The number of rotatable bonds is 2. The van der Waals surface area contributed by atoms with Gasteiger partial charge in [0.2, 0.25) is 0 Å². The Bertz CT molecular complexity index is 458. The van der Waals surface area contributed by atoms with Crippen molar-refractivity contribution in [2.45, 2.75) is 19.4 Å². The summed E-state index contributed by atoms with van der Waals surface area (Å²) in [5.41, 5.74) is 0.467. The van der Waals surface area contributed by atoms with E-state index in [2.05, 4.69) is 33.5 Å². The van der Waals surface area contributed by atoms with E-state index in [9.17, 15) is 9.18 Å². The van der Waals surface area contributed by atoms with Gasteiger partial charge in [-0.3, -0.25) is 4.79 Å². The van der Waals surface area contributed by atoms with E-state index in [1.165, 1.54) is 18.2 Å². The van der Waals surface area contributed by atoms with Crippen molar-refractivity contribution in [2.24, 2.45) is 5.92 Å². The van der Waals surface area contributed by atoms with Gasteiger partial charge in [-0.25, -0.2) is 4.39 Å². The smallest absolute Gasteiger partial charge is 0.252 e. The Morgan fingerprint density at radius 2 is 2.26 bits per heavy atom. The molecule has 0 radical (unpaired) electrons. The molecule has 0 bridgehead atoms. The van der Waals surface area contributed by atoms with E-state index in [-0.39, 0.29) is 30.2 Å². The second-order valence-corrected chi connectivity index (χ2v) is 5.53. The fraction of sp³-hybridized carbons (Fsp3) is 0.462. The van der Waals surface area contributed by atoms with Crippen molar-refractivity contribution in [2.75, 3.05) is 13.1 Å². The summed E-state index contributed by atoms with van der Waals surface area (Å²) < 4.78 is 13.4. The molecular formula is C13H17BrClFN2O. The third-order valence-corrected chi connectivity index (χ3v) is 3.98. The number of amides is 1. The van der Waals surface area contributed by atoms with Crippen molar-refractivity contribution in [3.05, 3.63) is 34.1 Å². The molecule has 19 heavy (non-hydrogen) atoms. The Morgan fingerprint density at radius 1 is 1.53 bits per heavy atom. The molecule has 1 aliphatic rings. The van der Waals surface area contributed by atoms with Crippen LogP contribution in [0, 0.1) is 11.7 Å². The summed E-state index contributed by atoms with van der Waals surface area (Å²) in [4.78, 5) is 12.1. The Morgan fingerprint density at radius 3 is 2.89 bits per heavy atom. The number of hydrogen-bond donors (Lipinski definition) is 2. The number of carbonyl (C=O) groups is 1. The van der Waals surface area contributed by atoms with Crippen molar-refractivity contribution in [1.29, 1.82) is 0 Å². The monoisotopic (exact) mass is 350 g/mol. The Labute approximate surface area is 126 Å². The molecule has 6 heteroatoms. The topological polar surface area (TPSA) is 41.1 Å². The van der Waals surface area contributed by atoms with E-state index in [4.69, 9.17) is 0 Å². The second kappa shape index (κ2) is 7.22. The number of piperidine rings is 1. The van der Waals surface area contributed by atoms with Gasteiger partial charge >= 0.3 is 0 Å². The number of benzene rings is 1. The highest BCUT2D eigenvalue weighted by Crippen LogP contribution is 2.19. The van der Waals surface area contributed by atoms with Crippen molar-refractivity contribution < 1.29 is 9.18 Å². The molecule has 2 unspecified atom stereocenters. The van der Waals surface area contributed by atoms with E-state index in [1.54, 1.807) is 0 Å². The second-order valence-electron chi connectivity index (χ2n) is 4.67.